The first-order chi connectivity index (χ1) is 13.4. The quantitative estimate of drug-likeness (QED) is 0.750. The van der Waals surface area contributed by atoms with Crippen LogP contribution in [0.25, 0.3) is 0 Å². The van der Waals surface area contributed by atoms with E-state index >= 15 is 0 Å². The van der Waals surface area contributed by atoms with Gasteiger partial charge in [-0.2, -0.15) is 0 Å². The number of primary amides is 1. The first kappa shape index (κ1) is 19.7. The highest BCUT2D eigenvalue weighted by Gasteiger charge is 2.27. The van der Waals surface area contributed by atoms with Crippen LogP contribution < -0.4 is 11.1 Å². The van der Waals surface area contributed by atoms with Gasteiger partial charge in [-0.3, -0.25) is 19.3 Å². The van der Waals surface area contributed by atoms with E-state index in [1.807, 2.05) is 4.90 Å². The number of rotatable bonds is 6. The summed E-state index contributed by atoms with van der Waals surface area (Å²) in [7, 11) is 0. The first-order valence-corrected chi connectivity index (χ1v) is 9.15. The Kier molecular flexibility index (Phi) is 6.16. The Morgan fingerprint density at radius 2 is 1.82 bits per heavy atom. The maximum atomic E-state index is 13.1. The van der Waals surface area contributed by atoms with Gasteiger partial charge >= 0.3 is 0 Å². The van der Waals surface area contributed by atoms with Crippen molar-refractivity contribution in [2.24, 2.45) is 11.7 Å². The number of halogens is 1. The lowest BCUT2D eigenvalue weighted by atomic mass is 9.90. The van der Waals surface area contributed by atoms with E-state index in [2.05, 4.69) is 5.32 Å². The molecule has 0 aliphatic carbocycles. The Hall–Kier alpha value is -3.06. The Labute approximate surface area is 162 Å². The molecule has 3 rings (SSSR count). The number of Topliss-reactive ketones (excluding diaryl/α,β-unsaturated/α-hetero) is 1. The molecular formula is C21H22FN3O3. The number of para-hydroxylation sites is 1. The highest BCUT2D eigenvalue weighted by atomic mass is 19.1. The zero-order chi connectivity index (χ0) is 20.1. The average Bonchev–Trinajstić information content (AvgIpc) is 2.68. The number of nitrogens with two attached hydrogens (primary N) is 1. The molecule has 0 spiro atoms. The summed E-state index contributed by atoms with van der Waals surface area (Å²) in [5.41, 5.74) is 6.43. The number of piperidine rings is 1. The summed E-state index contributed by atoms with van der Waals surface area (Å²) < 4.78 is 13.1. The number of hydrogen-bond acceptors (Lipinski definition) is 4. The predicted molar refractivity (Wildman–Crippen MR) is 103 cm³/mol. The van der Waals surface area contributed by atoms with Crippen LogP contribution in [0.2, 0.25) is 0 Å². The second-order valence-electron chi connectivity index (χ2n) is 6.90. The molecule has 1 aliphatic rings. The van der Waals surface area contributed by atoms with Crippen LogP contribution in [0.3, 0.4) is 0 Å². The number of carbonyl (C=O) groups excluding carboxylic acids is 3. The van der Waals surface area contributed by atoms with Crippen LogP contribution >= 0.6 is 0 Å². The molecule has 1 aliphatic heterocycles. The Bertz CT molecular complexity index is 883. The molecule has 0 saturated carbocycles. The second kappa shape index (κ2) is 8.75. The maximum absolute atomic E-state index is 13.1. The summed E-state index contributed by atoms with van der Waals surface area (Å²) in [5, 5.41) is 2.71. The number of likely N-dealkylation sites (tertiary alicyclic amines) is 1. The van der Waals surface area contributed by atoms with Crippen molar-refractivity contribution in [3.05, 3.63) is 65.5 Å². The van der Waals surface area contributed by atoms with Gasteiger partial charge in [0.15, 0.2) is 5.78 Å². The average molecular weight is 383 g/mol. The molecule has 2 amide bonds. The SMILES string of the molecule is NC(=O)c1ccccc1NC(=O)CN1CCCC(C(=O)c2ccc(F)cc2)C1. The lowest BCUT2D eigenvalue weighted by molar-refractivity contribution is -0.117. The van der Waals surface area contributed by atoms with E-state index in [1.165, 1.54) is 24.3 Å². The van der Waals surface area contributed by atoms with Crippen LogP contribution in [-0.2, 0) is 4.79 Å². The lowest BCUT2D eigenvalue weighted by Crippen LogP contribution is -2.42. The van der Waals surface area contributed by atoms with Crippen LogP contribution in [-0.4, -0.2) is 42.1 Å². The van der Waals surface area contributed by atoms with Gasteiger partial charge in [0.05, 0.1) is 17.8 Å². The van der Waals surface area contributed by atoms with Gasteiger partial charge in [0, 0.05) is 18.0 Å². The van der Waals surface area contributed by atoms with Crippen LogP contribution in [0.15, 0.2) is 48.5 Å². The van der Waals surface area contributed by atoms with E-state index in [0.29, 0.717) is 24.3 Å². The molecule has 2 aromatic rings. The molecule has 3 N–H and O–H groups in total. The number of nitrogens with zero attached hydrogens (tertiary/aromatic N) is 1. The summed E-state index contributed by atoms with van der Waals surface area (Å²) in [6.07, 6.45) is 1.53. The molecule has 1 fully saturated rings. The molecule has 0 aromatic heterocycles. The minimum absolute atomic E-state index is 0.0378. The topological polar surface area (TPSA) is 92.5 Å². The number of ketones is 1. The number of amides is 2. The predicted octanol–water partition coefficient (Wildman–Crippen LogP) is 2.46. The van der Waals surface area contributed by atoms with Gasteiger partial charge < -0.3 is 11.1 Å². The van der Waals surface area contributed by atoms with Crippen molar-refractivity contribution in [3.8, 4) is 0 Å². The standard InChI is InChI=1S/C21H22FN3O3/c22-16-9-7-14(8-10-16)20(27)15-4-3-11-25(12-15)13-19(26)24-18-6-2-1-5-17(18)21(23)28/h1-2,5-10,15H,3-4,11-13H2,(H2,23,28)(H,24,26). The Morgan fingerprint density at radius 1 is 1.11 bits per heavy atom. The van der Waals surface area contributed by atoms with E-state index < -0.39 is 5.91 Å². The fourth-order valence-electron chi connectivity index (χ4n) is 3.46. The van der Waals surface area contributed by atoms with Gasteiger partial charge in [-0.1, -0.05) is 12.1 Å². The van der Waals surface area contributed by atoms with E-state index in [1.54, 1.807) is 24.3 Å². The van der Waals surface area contributed by atoms with Gasteiger partial charge in [-0.25, -0.2) is 4.39 Å². The van der Waals surface area contributed by atoms with E-state index in [-0.39, 0.29) is 35.5 Å². The molecule has 2 aromatic carbocycles. The third kappa shape index (κ3) is 4.80. The highest BCUT2D eigenvalue weighted by molar-refractivity contribution is 6.03. The molecule has 0 bridgehead atoms. The summed E-state index contributed by atoms with van der Waals surface area (Å²) in [4.78, 5) is 38.4. The minimum atomic E-state index is -0.612. The first-order valence-electron chi connectivity index (χ1n) is 9.15. The van der Waals surface area contributed by atoms with Gasteiger partial charge in [0.1, 0.15) is 5.82 Å². The van der Waals surface area contributed by atoms with Crippen molar-refractivity contribution in [1.82, 2.24) is 4.90 Å². The van der Waals surface area contributed by atoms with Gasteiger partial charge in [-0.05, 0) is 55.8 Å². The monoisotopic (exact) mass is 383 g/mol. The molecular weight excluding hydrogens is 361 g/mol. The summed E-state index contributed by atoms with van der Waals surface area (Å²) in [6, 6.07) is 12.1. The van der Waals surface area contributed by atoms with Crippen LogP contribution in [0.4, 0.5) is 10.1 Å². The fraction of sp³-hybridized carbons (Fsp3) is 0.286. The largest absolute Gasteiger partial charge is 0.366 e. The maximum Gasteiger partial charge on any atom is 0.250 e. The molecule has 1 saturated heterocycles. The zero-order valence-corrected chi connectivity index (χ0v) is 15.4. The smallest absolute Gasteiger partial charge is 0.250 e. The highest BCUT2D eigenvalue weighted by Crippen LogP contribution is 2.21. The van der Waals surface area contributed by atoms with Crippen molar-refractivity contribution in [3.63, 3.8) is 0 Å². The zero-order valence-electron chi connectivity index (χ0n) is 15.4. The van der Waals surface area contributed by atoms with Gasteiger partial charge in [0.2, 0.25) is 5.91 Å². The number of benzene rings is 2. The molecule has 28 heavy (non-hydrogen) atoms. The van der Waals surface area contributed by atoms with Crippen molar-refractivity contribution >= 4 is 23.3 Å². The second-order valence-corrected chi connectivity index (χ2v) is 6.90. The van der Waals surface area contributed by atoms with Crippen LogP contribution in [0.1, 0.15) is 33.6 Å². The molecule has 0 radical (unpaired) electrons. The summed E-state index contributed by atoms with van der Waals surface area (Å²) >= 11 is 0. The van der Waals surface area contributed by atoms with Gasteiger partial charge in [-0.15, -0.1) is 0 Å². The van der Waals surface area contributed by atoms with Crippen LogP contribution in [0, 0.1) is 11.7 Å². The summed E-state index contributed by atoms with van der Waals surface area (Å²) in [6.45, 7) is 1.28. The van der Waals surface area contributed by atoms with Crippen molar-refractivity contribution in [2.45, 2.75) is 12.8 Å². The van der Waals surface area contributed by atoms with Crippen molar-refractivity contribution in [1.29, 1.82) is 0 Å². The molecule has 7 heteroatoms. The van der Waals surface area contributed by atoms with Crippen molar-refractivity contribution in [2.75, 3.05) is 25.0 Å². The number of nitrogens with one attached hydrogen (secondary N) is 1. The molecule has 1 heterocycles. The van der Waals surface area contributed by atoms with E-state index in [4.69, 9.17) is 5.73 Å². The van der Waals surface area contributed by atoms with Gasteiger partial charge in [0.25, 0.3) is 5.91 Å². The Morgan fingerprint density at radius 3 is 2.54 bits per heavy atom. The van der Waals surface area contributed by atoms with Crippen molar-refractivity contribution < 1.29 is 18.8 Å². The summed E-state index contributed by atoms with van der Waals surface area (Å²) in [5.74, 6) is -1.54. The number of carbonyl (C=O) groups is 3. The van der Waals surface area contributed by atoms with E-state index in [9.17, 15) is 18.8 Å². The third-order valence-electron chi connectivity index (χ3n) is 4.84. The number of hydrogen-bond donors (Lipinski definition) is 2. The van der Waals surface area contributed by atoms with E-state index in [0.717, 1.165) is 12.8 Å². The fourth-order valence-corrected chi connectivity index (χ4v) is 3.46. The lowest BCUT2D eigenvalue weighted by Gasteiger charge is -2.31. The molecule has 146 valence electrons. The molecule has 1 unspecified atom stereocenters. The molecule has 6 nitrogen and oxygen atoms in total. The normalized spacial score (nSPS) is 17.1. The van der Waals surface area contributed by atoms with Crippen LogP contribution in [0.5, 0.6) is 0 Å². The third-order valence-corrected chi connectivity index (χ3v) is 4.84. The minimum Gasteiger partial charge on any atom is -0.366 e. The molecule has 1 atom stereocenters. The Balaban J connectivity index is 1.60. The number of anilines is 1.